The summed E-state index contributed by atoms with van der Waals surface area (Å²) in [5.41, 5.74) is 4.29. The van der Waals surface area contributed by atoms with Gasteiger partial charge in [-0.3, -0.25) is 14.9 Å². The highest BCUT2D eigenvalue weighted by Crippen LogP contribution is 2.48. The van der Waals surface area contributed by atoms with Crippen LogP contribution in [-0.4, -0.2) is 41.6 Å². The molecular weight excluding hydrogens is 537 g/mol. The van der Waals surface area contributed by atoms with Crippen LogP contribution in [0.25, 0.3) is 11.1 Å². The maximum absolute atomic E-state index is 15.0. The number of nitrogens with one attached hydrogen (secondary N) is 2. The van der Waals surface area contributed by atoms with E-state index in [1.165, 1.54) is 23.9 Å². The Balaban J connectivity index is 1.71. The normalized spacial score (nSPS) is 24.6. The summed E-state index contributed by atoms with van der Waals surface area (Å²) in [7, 11) is 0. The maximum atomic E-state index is 15.0. The lowest BCUT2D eigenvalue weighted by Gasteiger charge is -2.36. The van der Waals surface area contributed by atoms with Gasteiger partial charge in [-0.1, -0.05) is 74.2 Å². The topological polar surface area (TPSA) is 108 Å². The summed E-state index contributed by atoms with van der Waals surface area (Å²) >= 11 is 1.19. The summed E-state index contributed by atoms with van der Waals surface area (Å²) < 4.78 is 44.9. The number of nitriles is 1. The van der Waals surface area contributed by atoms with Crippen LogP contribution in [0, 0.1) is 29.1 Å². The standard InChI is InChI=1S/C30H31F3N4O2S/c1-19(2)16-25-26(38)36-24(17-34)18-40-15-3-12-29(37-25,30(31,32)33)23-10-6-21(7-11-23)20-4-8-22(9-5-20)28(13-14-28)27(35)39/h4-11,19,24-25,37H,13-16,18H2,1-2H3,(H2,35,39)(H,36,38)/t24-,25+,29-/m1/s1. The van der Waals surface area contributed by atoms with E-state index in [0.29, 0.717) is 18.4 Å². The number of hydrogen-bond acceptors (Lipinski definition) is 5. The second-order valence-electron chi connectivity index (χ2n) is 10.7. The first-order valence-corrected chi connectivity index (χ1v) is 14.2. The molecule has 40 heavy (non-hydrogen) atoms. The summed E-state index contributed by atoms with van der Waals surface area (Å²) in [6.07, 6.45) is -3.34. The molecule has 210 valence electrons. The maximum Gasteiger partial charge on any atom is 0.422 e. The molecule has 2 aliphatic rings. The molecule has 1 aliphatic carbocycles. The van der Waals surface area contributed by atoms with Gasteiger partial charge in [0.05, 0.1) is 23.3 Å². The molecule has 0 radical (unpaired) electrons. The van der Waals surface area contributed by atoms with Crippen molar-refractivity contribution in [3.8, 4) is 29.0 Å². The van der Waals surface area contributed by atoms with Gasteiger partial charge in [0, 0.05) is 5.75 Å². The molecule has 0 unspecified atom stereocenters. The third kappa shape index (κ3) is 5.99. The monoisotopic (exact) mass is 568 g/mol. The lowest BCUT2D eigenvalue weighted by atomic mass is 9.86. The molecule has 2 amide bonds. The molecule has 10 heteroatoms. The van der Waals surface area contributed by atoms with Crippen LogP contribution in [0.5, 0.6) is 0 Å². The molecule has 1 aliphatic heterocycles. The molecule has 0 bridgehead atoms. The smallest absolute Gasteiger partial charge is 0.369 e. The van der Waals surface area contributed by atoms with Crippen LogP contribution in [0.1, 0.15) is 44.2 Å². The largest absolute Gasteiger partial charge is 0.422 e. The first-order chi connectivity index (χ1) is 18.9. The molecule has 3 atom stereocenters. The van der Waals surface area contributed by atoms with Crippen molar-refractivity contribution in [2.45, 2.75) is 62.3 Å². The molecular formula is C30H31F3N4O2S. The molecule has 4 N–H and O–H groups in total. The molecule has 0 saturated heterocycles. The van der Waals surface area contributed by atoms with Gasteiger partial charge < -0.3 is 11.1 Å². The zero-order valence-electron chi connectivity index (χ0n) is 22.3. The number of thioether (sulfide) groups is 1. The first-order valence-electron chi connectivity index (χ1n) is 13.1. The molecule has 0 spiro atoms. The predicted octanol–water partition coefficient (Wildman–Crippen LogP) is 4.39. The number of alkyl halides is 3. The molecule has 4 rings (SSSR count). The Morgan fingerprint density at radius 3 is 2.17 bits per heavy atom. The fourth-order valence-corrected chi connectivity index (χ4v) is 5.63. The van der Waals surface area contributed by atoms with E-state index in [4.69, 9.17) is 5.73 Å². The number of hydrogen-bond donors (Lipinski definition) is 3. The minimum absolute atomic E-state index is 0.0691. The van der Waals surface area contributed by atoms with Crippen molar-refractivity contribution in [3.63, 3.8) is 0 Å². The quantitative estimate of drug-likeness (QED) is 0.448. The van der Waals surface area contributed by atoms with Crippen molar-refractivity contribution in [1.29, 1.82) is 5.26 Å². The summed E-state index contributed by atoms with van der Waals surface area (Å²) in [6.45, 7) is 3.63. The van der Waals surface area contributed by atoms with Gasteiger partial charge in [-0.05, 0) is 47.4 Å². The van der Waals surface area contributed by atoms with Gasteiger partial charge >= 0.3 is 6.18 Å². The SMILES string of the molecule is CC(C)C[C@@H]1N[C@](c2ccc(-c3ccc(C4(C(N)=O)CC4)cc3)cc2)(C(F)(F)F)C#CCSC[C@@H](C#N)NC1=O. The number of benzene rings is 2. The Morgan fingerprint density at radius 2 is 1.70 bits per heavy atom. The number of amides is 2. The molecule has 1 saturated carbocycles. The van der Waals surface area contributed by atoms with E-state index in [-0.39, 0.29) is 35.3 Å². The minimum atomic E-state index is -4.86. The van der Waals surface area contributed by atoms with Crippen molar-refractivity contribution >= 4 is 23.6 Å². The lowest BCUT2D eigenvalue weighted by molar-refractivity contribution is -0.185. The van der Waals surface area contributed by atoms with Crippen molar-refractivity contribution < 1.29 is 22.8 Å². The third-order valence-electron chi connectivity index (χ3n) is 7.36. The number of rotatable bonds is 6. The number of nitrogens with two attached hydrogens (primary N) is 1. The number of halogens is 3. The minimum Gasteiger partial charge on any atom is -0.369 e. The van der Waals surface area contributed by atoms with Gasteiger partial charge in [0.15, 0.2) is 0 Å². The number of nitrogens with zero attached hydrogens (tertiary/aromatic N) is 1. The van der Waals surface area contributed by atoms with Gasteiger partial charge in [-0.25, -0.2) is 0 Å². The summed E-state index contributed by atoms with van der Waals surface area (Å²) in [4.78, 5) is 25.0. The molecule has 2 aromatic rings. The fourth-order valence-electron chi connectivity index (χ4n) is 4.95. The average Bonchev–Trinajstić information content (AvgIpc) is 3.72. The first kappa shape index (κ1) is 29.5. The highest BCUT2D eigenvalue weighted by atomic mass is 32.2. The third-order valence-corrected chi connectivity index (χ3v) is 8.27. The number of carbonyl (C=O) groups excluding carboxylic acids is 2. The van der Waals surface area contributed by atoms with E-state index in [1.807, 2.05) is 44.2 Å². The van der Waals surface area contributed by atoms with E-state index in [0.717, 1.165) is 11.1 Å². The van der Waals surface area contributed by atoms with E-state index in [2.05, 4.69) is 22.5 Å². The Morgan fingerprint density at radius 1 is 1.12 bits per heavy atom. The molecule has 1 heterocycles. The second-order valence-corrected chi connectivity index (χ2v) is 11.7. The lowest BCUT2D eigenvalue weighted by Crippen LogP contribution is -2.61. The van der Waals surface area contributed by atoms with Gasteiger partial charge in [0.1, 0.15) is 6.04 Å². The zero-order chi connectivity index (χ0) is 29.1. The van der Waals surface area contributed by atoms with Crippen LogP contribution < -0.4 is 16.4 Å². The molecule has 1 fully saturated rings. The fraction of sp³-hybridized carbons (Fsp3) is 0.433. The van der Waals surface area contributed by atoms with E-state index < -0.39 is 35.1 Å². The predicted molar refractivity (Wildman–Crippen MR) is 149 cm³/mol. The Labute approximate surface area is 236 Å². The Hall–Kier alpha value is -3.47. The molecule has 6 nitrogen and oxygen atoms in total. The van der Waals surface area contributed by atoms with Crippen LogP contribution in [0.3, 0.4) is 0 Å². The number of carbonyl (C=O) groups is 2. The van der Waals surface area contributed by atoms with Gasteiger partial charge in [-0.2, -0.15) is 18.4 Å². The van der Waals surface area contributed by atoms with Crippen LogP contribution in [0.15, 0.2) is 48.5 Å². The number of primary amides is 1. The van der Waals surface area contributed by atoms with Crippen LogP contribution in [-0.2, 0) is 20.5 Å². The summed E-state index contributed by atoms with van der Waals surface area (Å²) in [5, 5.41) is 14.6. The van der Waals surface area contributed by atoms with Crippen molar-refractivity contribution in [2.75, 3.05) is 11.5 Å². The van der Waals surface area contributed by atoms with E-state index in [9.17, 15) is 28.0 Å². The Kier molecular flexibility index (Phi) is 8.53. The Bertz CT molecular complexity index is 1350. The van der Waals surface area contributed by atoms with E-state index in [1.54, 1.807) is 12.1 Å². The second kappa shape index (κ2) is 11.6. The zero-order valence-corrected chi connectivity index (χ0v) is 23.1. The van der Waals surface area contributed by atoms with Gasteiger partial charge in [0.25, 0.3) is 0 Å². The average molecular weight is 569 g/mol. The van der Waals surface area contributed by atoms with Crippen molar-refractivity contribution in [1.82, 2.24) is 10.6 Å². The summed E-state index contributed by atoms with van der Waals surface area (Å²) in [5.74, 6) is 4.23. The molecule has 2 aromatic carbocycles. The van der Waals surface area contributed by atoms with Crippen molar-refractivity contribution in [3.05, 3.63) is 59.7 Å². The van der Waals surface area contributed by atoms with E-state index >= 15 is 0 Å². The van der Waals surface area contributed by atoms with Gasteiger partial charge in [0.2, 0.25) is 17.4 Å². The van der Waals surface area contributed by atoms with Crippen LogP contribution in [0.2, 0.25) is 0 Å². The molecule has 0 aromatic heterocycles. The van der Waals surface area contributed by atoms with Crippen LogP contribution in [0.4, 0.5) is 13.2 Å². The van der Waals surface area contributed by atoms with Crippen molar-refractivity contribution in [2.24, 2.45) is 11.7 Å². The highest BCUT2D eigenvalue weighted by molar-refractivity contribution is 7.99. The van der Waals surface area contributed by atoms with Gasteiger partial charge in [-0.15, -0.1) is 11.8 Å². The summed E-state index contributed by atoms with van der Waals surface area (Å²) in [6, 6.07) is 13.2. The van der Waals surface area contributed by atoms with Crippen LogP contribution >= 0.6 is 11.8 Å². The highest BCUT2D eigenvalue weighted by Gasteiger charge is 2.57.